The van der Waals surface area contributed by atoms with Crippen molar-refractivity contribution in [1.82, 2.24) is 9.80 Å². The quantitative estimate of drug-likeness (QED) is 0.655. The van der Waals surface area contributed by atoms with Gasteiger partial charge < -0.3 is 14.5 Å². The number of ether oxygens (including phenoxy) is 1. The van der Waals surface area contributed by atoms with E-state index in [1.54, 1.807) is 7.11 Å². The lowest BCUT2D eigenvalue weighted by Crippen LogP contribution is -2.55. The van der Waals surface area contributed by atoms with Gasteiger partial charge in [0.1, 0.15) is 6.61 Å². The molecule has 0 aromatic heterocycles. The molecule has 1 fully saturated rings. The van der Waals surface area contributed by atoms with E-state index >= 15 is 0 Å². The summed E-state index contributed by atoms with van der Waals surface area (Å²) in [5, 5.41) is 0. The molecule has 1 aromatic rings. The van der Waals surface area contributed by atoms with E-state index in [1.807, 2.05) is 17.9 Å². The predicted molar refractivity (Wildman–Crippen MR) is 133 cm³/mol. The summed E-state index contributed by atoms with van der Waals surface area (Å²) >= 11 is 0. The van der Waals surface area contributed by atoms with Gasteiger partial charge >= 0.3 is 0 Å². The number of methoxy groups -OCH3 is 1. The molecule has 2 atom stereocenters. The number of hydrogen-bond donors (Lipinski definition) is 0. The zero-order valence-electron chi connectivity index (χ0n) is 21.3. The smallest absolute Gasteiger partial charge is 0.249 e. The fraction of sp³-hybridized carbons (Fsp3) is 0.704. The molecule has 2 aliphatic rings. The molecule has 2 heterocycles. The number of rotatable bonds is 5. The maximum atomic E-state index is 13.2. The molecule has 2 aliphatic heterocycles. The summed E-state index contributed by atoms with van der Waals surface area (Å²) in [6.07, 6.45) is 5.49. The van der Waals surface area contributed by atoms with Crippen LogP contribution in [0.3, 0.4) is 0 Å². The van der Waals surface area contributed by atoms with Crippen molar-refractivity contribution in [2.24, 2.45) is 5.41 Å². The minimum Gasteiger partial charge on any atom is -0.375 e. The van der Waals surface area contributed by atoms with Crippen LogP contribution in [-0.2, 0) is 20.9 Å². The van der Waals surface area contributed by atoms with Crippen LogP contribution in [0.2, 0.25) is 0 Å². The lowest BCUT2D eigenvalue weighted by atomic mass is 9.91. The number of para-hydroxylation sites is 1. The highest BCUT2D eigenvalue weighted by atomic mass is 16.5. The fourth-order valence-electron chi connectivity index (χ4n) is 5.26. The van der Waals surface area contributed by atoms with Gasteiger partial charge in [0, 0.05) is 50.9 Å². The number of carbonyl (C=O) groups excluding carboxylic acids is 2. The number of amides is 2. The average molecular weight is 458 g/mol. The van der Waals surface area contributed by atoms with E-state index < -0.39 is 0 Å². The molecule has 2 bridgehead atoms. The van der Waals surface area contributed by atoms with Crippen molar-refractivity contribution >= 4 is 17.5 Å². The van der Waals surface area contributed by atoms with E-state index in [4.69, 9.17) is 4.74 Å². The van der Waals surface area contributed by atoms with E-state index in [0.29, 0.717) is 13.0 Å². The van der Waals surface area contributed by atoms with E-state index in [2.05, 4.69) is 48.8 Å². The Labute approximate surface area is 200 Å². The van der Waals surface area contributed by atoms with Crippen molar-refractivity contribution in [3.63, 3.8) is 0 Å². The van der Waals surface area contributed by atoms with Crippen LogP contribution in [0.15, 0.2) is 24.3 Å². The second-order valence-corrected chi connectivity index (χ2v) is 10.8. The Kier molecular flexibility index (Phi) is 8.94. The number of hydrogen-bond acceptors (Lipinski definition) is 4. The maximum absolute atomic E-state index is 13.2. The SMILES string of the molecule is CCC(=O)N1CCC2CCCC(CN(CCC(C)(C)C)Cc3ccccc31)N2C(=O)COC. The van der Waals surface area contributed by atoms with Gasteiger partial charge in [-0.3, -0.25) is 14.5 Å². The van der Waals surface area contributed by atoms with Crippen molar-refractivity contribution in [2.75, 3.05) is 38.3 Å². The first kappa shape index (κ1) is 25.7. The van der Waals surface area contributed by atoms with E-state index in [0.717, 1.165) is 57.4 Å². The van der Waals surface area contributed by atoms with Gasteiger partial charge in [-0.1, -0.05) is 45.9 Å². The first-order chi connectivity index (χ1) is 15.7. The third kappa shape index (κ3) is 6.80. The summed E-state index contributed by atoms with van der Waals surface area (Å²) in [6, 6.07) is 8.68. The number of benzene rings is 1. The van der Waals surface area contributed by atoms with E-state index in [9.17, 15) is 9.59 Å². The largest absolute Gasteiger partial charge is 0.375 e. The number of piperidine rings is 1. The molecule has 6 heteroatoms. The molecule has 6 nitrogen and oxygen atoms in total. The third-order valence-corrected chi connectivity index (χ3v) is 7.03. The Hall–Kier alpha value is -1.92. The molecule has 3 rings (SSSR count). The lowest BCUT2D eigenvalue weighted by molar-refractivity contribution is -0.143. The summed E-state index contributed by atoms with van der Waals surface area (Å²) in [5.41, 5.74) is 2.45. The Morgan fingerprint density at radius 3 is 2.48 bits per heavy atom. The Morgan fingerprint density at radius 1 is 1.06 bits per heavy atom. The zero-order chi connectivity index (χ0) is 24.0. The second kappa shape index (κ2) is 11.5. The Balaban J connectivity index is 2.01. The van der Waals surface area contributed by atoms with Crippen LogP contribution in [0.25, 0.3) is 0 Å². The standard InChI is InChI=1S/C27H43N3O3/c1-6-25(31)29-16-14-22-11-9-12-23(30(22)26(32)20-33-5)19-28(17-15-27(2,3)4)18-21-10-7-8-13-24(21)29/h7-8,10,13,22-23H,6,9,11-12,14-20H2,1-5H3. The number of anilines is 1. The highest BCUT2D eigenvalue weighted by Gasteiger charge is 2.36. The highest BCUT2D eigenvalue weighted by molar-refractivity contribution is 5.94. The van der Waals surface area contributed by atoms with Gasteiger partial charge in [-0.2, -0.15) is 0 Å². The molecular formula is C27H43N3O3. The zero-order valence-corrected chi connectivity index (χ0v) is 21.3. The summed E-state index contributed by atoms with van der Waals surface area (Å²) in [4.78, 5) is 32.8. The summed E-state index contributed by atoms with van der Waals surface area (Å²) in [5.74, 6) is 0.221. The van der Waals surface area contributed by atoms with Crippen LogP contribution in [0.4, 0.5) is 5.69 Å². The Bertz CT molecular complexity index is 804. The van der Waals surface area contributed by atoms with Crippen LogP contribution in [-0.4, -0.2) is 67.0 Å². The number of fused-ring (bicyclic) bond motifs is 3. The minimum atomic E-state index is 0.0769. The van der Waals surface area contributed by atoms with Crippen molar-refractivity contribution in [2.45, 2.75) is 84.8 Å². The highest BCUT2D eigenvalue weighted by Crippen LogP contribution is 2.31. The van der Waals surface area contributed by atoms with Crippen molar-refractivity contribution in [1.29, 1.82) is 0 Å². The molecule has 2 amide bonds. The third-order valence-electron chi connectivity index (χ3n) is 7.03. The molecule has 0 radical (unpaired) electrons. The van der Waals surface area contributed by atoms with E-state index in [-0.39, 0.29) is 35.9 Å². The van der Waals surface area contributed by atoms with Gasteiger partial charge in [0.05, 0.1) is 0 Å². The molecule has 33 heavy (non-hydrogen) atoms. The molecule has 184 valence electrons. The van der Waals surface area contributed by atoms with Crippen LogP contribution in [0.5, 0.6) is 0 Å². The van der Waals surface area contributed by atoms with E-state index in [1.165, 1.54) is 5.56 Å². The van der Waals surface area contributed by atoms with Gasteiger partial charge in [0.2, 0.25) is 11.8 Å². The molecule has 1 aromatic carbocycles. The topological polar surface area (TPSA) is 53.1 Å². The molecule has 0 spiro atoms. The molecular weight excluding hydrogens is 414 g/mol. The van der Waals surface area contributed by atoms with Crippen LogP contribution < -0.4 is 4.90 Å². The van der Waals surface area contributed by atoms with Crippen LogP contribution >= 0.6 is 0 Å². The molecule has 2 unspecified atom stereocenters. The van der Waals surface area contributed by atoms with Gasteiger partial charge in [-0.25, -0.2) is 0 Å². The summed E-state index contributed by atoms with van der Waals surface area (Å²) < 4.78 is 5.25. The number of nitrogens with zero attached hydrogens (tertiary/aromatic N) is 3. The summed E-state index contributed by atoms with van der Waals surface area (Å²) in [7, 11) is 1.59. The fourth-order valence-corrected chi connectivity index (χ4v) is 5.26. The number of carbonyl (C=O) groups is 2. The van der Waals surface area contributed by atoms with Gasteiger partial charge in [-0.05, 0) is 55.7 Å². The van der Waals surface area contributed by atoms with Crippen LogP contribution in [0, 0.1) is 5.41 Å². The Morgan fingerprint density at radius 2 is 1.79 bits per heavy atom. The second-order valence-electron chi connectivity index (χ2n) is 10.8. The average Bonchev–Trinajstić information content (AvgIpc) is 2.78. The molecule has 1 saturated heterocycles. The lowest BCUT2D eigenvalue weighted by Gasteiger charge is -2.44. The molecule has 0 aliphatic carbocycles. The van der Waals surface area contributed by atoms with Crippen LogP contribution in [0.1, 0.15) is 71.8 Å². The maximum Gasteiger partial charge on any atom is 0.249 e. The van der Waals surface area contributed by atoms with Gasteiger partial charge in [0.25, 0.3) is 0 Å². The van der Waals surface area contributed by atoms with Crippen molar-refractivity contribution in [3.05, 3.63) is 29.8 Å². The first-order valence-electron chi connectivity index (χ1n) is 12.6. The first-order valence-corrected chi connectivity index (χ1v) is 12.6. The monoisotopic (exact) mass is 457 g/mol. The van der Waals surface area contributed by atoms with Crippen molar-refractivity contribution in [3.8, 4) is 0 Å². The molecule has 0 saturated carbocycles. The predicted octanol–water partition coefficient (Wildman–Crippen LogP) is 4.47. The minimum absolute atomic E-state index is 0.0769. The summed E-state index contributed by atoms with van der Waals surface area (Å²) in [6.45, 7) is 12.1. The normalized spacial score (nSPS) is 22.5. The van der Waals surface area contributed by atoms with Gasteiger partial charge in [0.15, 0.2) is 0 Å². The van der Waals surface area contributed by atoms with Crippen molar-refractivity contribution < 1.29 is 14.3 Å². The van der Waals surface area contributed by atoms with Gasteiger partial charge in [-0.15, -0.1) is 0 Å². The molecule has 0 N–H and O–H groups in total.